The number of carbonyl (C=O) groups is 2. The SMILES string of the molecule is COC(=O)[C@]1(c2ccccc2)[C@H](c2ccccc2Br)[C@]12C(=O)N(C)c1ccc(Br)cc12. The van der Waals surface area contributed by atoms with Crippen LogP contribution in [0.2, 0.25) is 0 Å². The maximum atomic E-state index is 14.0. The van der Waals surface area contributed by atoms with Crippen LogP contribution in [-0.2, 0) is 25.2 Å². The van der Waals surface area contributed by atoms with E-state index < -0.39 is 22.7 Å². The van der Waals surface area contributed by atoms with Gasteiger partial charge in [0.2, 0.25) is 5.91 Å². The minimum absolute atomic E-state index is 0.101. The van der Waals surface area contributed by atoms with Gasteiger partial charge in [0.05, 0.1) is 7.11 Å². The van der Waals surface area contributed by atoms with Crippen LogP contribution >= 0.6 is 31.9 Å². The molecule has 5 rings (SSSR count). The van der Waals surface area contributed by atoms with E-state index >= 15 is 0 Å². The molecular weight excluding hydrogens is 522 g/mol. The van der Waals surface area contributed by atoms with Crippen molar-refractivity contribution in [1.29, 1.82) is 0 Å². The summed E-state index contributed by atoms with van der Waals surface area (Å²) in [5.74, 6) is -0.930. The van der Waals surface area contributed by atoms with Crippen LogP contribution in [0.25, 0.3) is 0 Å². The maximum Gasteiger partial charge on any atom is 0.318 e. The van der Waals surface area contributed by atoms with E-state index in [0.717, 1.165) is 31.3 Å². The fourth-order valence-electron chi connectivity index (χ4n) is 5.57. The van der Waals surface area contributed by atoms with Crippen LogP contribution in [0.5, 0.6) is 0 Å². The number of benzene rings is 3. The zero-order chi connectivity index (χ0) is 22.0. The summed E-state index contributed by atoms with van der Waals surface area (Å²) in [5.41, 5.74) is 1.06. The molecule has 0 radical (unpaired) electrons. The summed E-state index contributed by atoms with van der Waals surface area (Å²) >= 11 is 7.23. The first-order valence-corrected chi connectivity index (χ1v) is 11.5. The maximum absolute atomic E-state index is 14.0. The molecule has 2 aliphatic rings. The Morgan fingerprint density at radius 3 is 2.35 bits per heavy atom. The van der Waals surface area contributed by atoms with Gasteiger partial charge in [-0.3, -0.25) is 9.59 Å². The molecular formula is C25H19Br2NO3. The number of nitrogens with zero attached hydrogens (tertiary/aromatic N) is 1. The number of fused-ring (bicyclic) bond motifs is 2. The monoisotopic (exact) mass is 539 g/mol. The van der Waals surface area contributed by atoms with Gasteiger partial charge in [-0.1, -0.05) is 80.4 Å². The van der Waals surface area contributed by atoms with E-state index in [1.807, 2.05) is 72.8 Å². The first kappa shape index (κ1) is 20.5. The number of hydrogen-bond acceptors (Lipinski definition) is 3. The Kier molecular flexibility index (Phi) is 4.65. The van der Waals surface area contributed by atoms with Crippen molar-refractivity contribution in [2.24, 2.45) is 0 Å². The lowest BCUT2D eigenvalue weighted by Crippen LogP contribution is -2.38. The van der Waals surface area contributed by atoms with Gasteiger partial charge < -0.3 is 9.64 Å². The number of carbonyl (C=O) groups excluding carboxylic acids is 2. The molecule has 1 spiro atoms. The fourth-order valence-corrected chi connectivity index (χ4v) is 6.44. The van der Waals surface area contributed by atoms with Gasteiger partial charge in [-0.25, -0.2) is 0 Å². The largest absolute Gasteiger partial charge is 0.468 e. The number of halogens is 2. The Morgan fingerprint density at radius 1 is 1.00 bits per heavy atom. The minimum atomic E-state index is -1.18. The fraction of sp³-hybridized carbons (Fsp3) is 0.200. The molecule has 156 valence electrons. The van der Waals surface area contributed by atoms with Crippen molar-refractivity contribution >= 4 is 49.4 Å². The molecule has 4 nitrogen and oxygen atoms in total. The number of likely N-dealkylation sites (N-methyl/N-ethyl adjacent to an activating group) is 1. The topological polar surface area (TPSA) is 46.6 Å². The highest BCUT2D eigenvalue weighted by Gasteiger charge is 2.88. The standard InChI is InChI=1S/C25H19Br2NO3/c1-28-20-13-12-16(26)14-18(20)25(22(28)29)21(17-10-6-7-11-19(17)27)24(25,23(30)31-2)15-8-4-3-5-9-15/h3-14,21H,1-2H3/t21-,24-,25+/m0/s1. The summed E-state index contributed by atoms with van der Waals surface area (Å²) in [4.78, 5) is 29.4. The van der Waals surface area contributed by atoms with Gasteiger partial charge in [-0.2, -0.15) is 0 Å². The third-order valence-corrected chi connectivity index (χ3v) is 7.96. The van der Waals surface area contributed by atoms with Crippen molar-refractivity contribution in [3.8, 4) is 0 Å². The molecule has 0 saturated heterocycles. The summed E-state index contributed by atoms with van der Waals surface area (Å²) in [5, 5.41) is 0. The van der Waals surface area contributed by atoms with E-state index in [2.05, 4.69) is 31.9 Å². The van der Waals surface area contributed by atoms with Crippen LogP contribution in [0.3, 0.4) is 0 Å². The average Bonchev–Trinajstić information content (AvgIpc) is 3.38. The summed E-state index contributed by atoms with van der Waals surface area (Å²) < 4.78 is 7.12. The van der Waals surface area contributed by atoms with E-state index in [0.29, 0.717) is 0 Å². The van der Waals surface area contributed by atoms with Crippen LogP contribution in [0.4, 0.5) is 5.69 Å². The average molecular weight is 541 g/mol. The van der Waals surface area contributed by atoms with Crippen molar-refractivity contribution < 1.29 is 14.3 Å². The Bertz CT molecular complexity index is 1230. The summed E-state index contributed by atoms with van der Waals surface area (Å²) in [6.07, 6.45) is 0. The van der Waals surface area contributed by atoms with Crippen molar-refractivity contribution in [2.45, 2.75) is 16.7 Å². The van der Waals surface area contributed by atoms with Crippen LogP contribution in [0.1, 0.15) is 22.6 Å². The van der Waals surface area contributed by atoms with E-state index in [1.165, 1.54) is 7.11 Å². The molecule has 1 fully saturated rings. The van der Waals surface area contributed by atoms with E-state index in [9.17, 15) is 9.59 Å². The zero-order valence-corrected chi connectivity index (χ0v) is 20.1. The Labute approximate surface area is 197 Å². The lowest BCUT2D eigenvalue weighted by atomic mass is 9.82. The number of rotatable bonds is 3. The van der Waals surface area contributed by atoms with Gasteiger partial charge in [0.25, 0.3) is 0 Å². The van der Waals surface area contributed by atoms with Crippen LogP contribution < -0.4 is 4.90 Å². The lowest BCUT2D eigenvalue weighted by molar-refractivity contribution is -0.145. The second kappa shape index (κ2) is 7.04. The van der Waals surface area contributed by atoms with E-state index in [4.69, 9.17) is 4.74 Å². The number of amides is 1. The normalized spacial score (nSPS) is 26.1. The van der Waals surface area contributed by atoms with E-state index in [1.54, 1.807) is 11.9 Å². The van der Waals surface area contributed by atoms with Crippen LogP contribution in [-0.4, -0.2) is 26.0 Å². The predicted molar refractivity (Wildman–Crippen MR) is 126 cm³/mol. The molecule has 0 bridgehead atoms. The quantitative estimate of drug-likeness (QED) is 0.422. The van der Waals surface area contributed by atoms with Crippen LogP contribution in [0.15, 0.2) is 81.7 Å². The molecule has 1 saturated carbocycles. The lowest BCUT2D eigenvalue weighted by Gasteiger charge is -2.20. The summed E-state index contributed by atoms with van der Waals surface area (Å²) in [7, 11) is 3.16. The highest BCUT2D eigenvalue weighted by Crippen LogP contribution is 2.79. The van der Waals surface area contributed by atoms with Gasteiger partial charge >= 0.3 is 5.97 Å². The summed E-state index contributed by atoms with van der Waals surface area (Å²) in [6, 6.07) is 23.1. The third kappa shape index (κ3) is 2.40. The van der Waals surface area contributed by atoms with Crippen LogP contribution in [0, 0.1) is 0 Å². The predicted octanol–water partition coefficient (Wildman–Crippen LogP) is 5.33. The number of anilines is 1. The van der Waals surface area contributed by atoms with E-state index in [-0.39, 0.29) is 5.91 Å². The highest BCUT2D eigenvalue weighted by atomic mass is 79.9. The molecule has 1 aliphatic carbocycles. The number of hydrogen-bond donors (Lipinski definition) is 0. The van der Waals surface area contributed by atoms with Gasteiger partial charge in [0.1, 0.15) is 10.8 Å². The molecule has 1 aliphatic heterocycles. The molecule has 3 atom stereocenters. The highest BCUT2D eigenvalue weighted by molar-refractivity contribution is 9.10. The van der Waals surface area contributed by atoms with Crippen molar-refractivity contribution in [1.82, 2.24) is 0 Å². The van der Waals surface area contributed by atoms with Gasteiger partial charge in [0, 0.05) is 27.6 Å². The summed E-state index contributed by atoms with van der Waals surface area (Å²) in [6.45, 7) is 0. The molecule has 31 heavy (non-hydrogen) atoms. The van der Waals surface area contributed by atoms with Crippen molar-refractivity contribution in [2.75, 3.05) is 19.1 Å². The molecule has 3 aromatic carbocycles. The van der Waals surface area contributed by atoms with Crippen molar-refractivity contribution in [3.05, 3.63) is 98.4 Å². The minimum Gasteiger partial charge on any atom is -0.468 e. The molecule has 1 amide bonds. The number of esters is 1. The smallest absolute Gasteiger partial charge is 0.318 e. The molecule has 0 N–H and O–H groups in total. The molecule has 0 unspecified atom stereocenters. The molecule has 1 heterocycles. The number of ether oxygens (including phenoxy) is 1. The Balaban J connectivity index is 1.92. The third-order valence-electron chi connectivity index (χ3n) is 6.74. The van der Waals surface area contributed by atoms with Gasteiger partial charge in [-0.15, -0.1) is 0 Å². The first-order valence-electron chi connectivity index (χ1n) is 9.89. The second-order valence-electron chi connectivity index (χ2n) is 7.95. The van der Waals surface area contributed by atoms with Gasteiger partial charge in [-0.05, 0) is 41.0 Å². The molecule has 0 aromatic heterocycles. The number of methoxy groups -OCH3 is 1. The first-order chi connectivity index (χ1) is 14.9. The Hall–Kier alpha value is -2.44. The zero-order valence-electron chi connectivity index (χ0n) is 16.9. The molecule has 6 heteroatoms. The van der Waals surface area contributed by atoms with Gasteiger partial charge in [0.15, 0.2) is 0 Å². The Morgan fingerprint density at radius 2 is 1.68 bits per heavy atom. The van der Waals surface area contributed by atoms with Crippen molar-refractivity contribution in [3.63, 3.8) is 0 Å². The second-order valence-corrected chi connectivity index (χ2v) is 9.72. The molecule has 3 aromatic rings.